The lowest BCUT2D eigenvalue weighted by Gasteiger charge is -2.24. The molecule has 2 aromatic rings. The van der Waals surface area contributed by atoms with Crippen LogP contribution in [0.15, 0.2) is 48.5 Å². The maximum absolute atomic E-state index is 12.5. The van der Waals surface area contributed by atoms with E-state index in [0.29, 0.717) is 6.42 Å². The van der Waals surface area contributed by atoms with Gasteiger partial charge in [-0.1, -0.05) is 48.5 Å². The van der Waals surface area contributed by atoms with E-state index in [1.165, 1.54) is 0 Å². The smallest absolute Gasteiger partial charge is 0.407 e. The molecule has 0 saturated heterocycles. The van der Waals surface area contributed by atoms with Crippen LogP contribution in [-0.4, -0.2) is 42.0 Å². The number of esters is 1. The highest BCUT2D eigenvalue weighted by molar-refractivity contribution is 5.82. The molecule has 1 aliphatic rings. The SMILES string of the molecule is CC(C)(C)OC(=O)C(CCCO)NC(=O)OCC1c2ccccc2-c2ccccc21. The Morgan fingerprint density at radius 3 is 2.13 bits per heavy atom. The number of carbonyl (C=O) groups is 2. The fourth-order valence-corrected chi connectivity index (χ4v) is 3.70. The molecule has 160 valence electrons. The van der Waals surface area contributed by atoms with Crippen molar-refractivity contribution in [2.24, 2.45) is 0 Å². The molecule has 30 heavy (non-hydrogen) atoms. The van der Waals surface area contributed by atoms with Crippen LogP contribution >= 0.6 is 0 Å². The van der Waals surface area contributed by atoms with E-state index in [9.17, 15) is 9.59 Å². The molecule has 0 heterocycles. The van der Waals surface area contributed by atoms with Crippen LogP contribution in [0.4, 0.5) is 4.79 Å². The predicted molar refractivity (Wildman–Crippen MR) is 114 cm³/mol. The number of ether oxygens (including phenoxy) is 2. The van der Waals surface area contributed by atoms with Crippen molar-refractivity contribution in [1.82, 2.24) is 5.32 Å². The molecular weight excluding hydrogens is 382 g/mol. The topological polar surface area (TPSA) is 84.9 Å². The summed E-state index contributed by atoms with van der Waals surface area (Å²) < 4.78 is 10.9. The normalized spacial score (nSPS) is 13.9. The van der Waals surface area contributed by atoms with Crippen molar-refractivity contribution in [3.05, 3.63) is 59.7 Å². The average Bonchev–Trinajstić information content (AvgIpc) is 3.02. The number of carbonyl (C=O) groups excluding carboxylic acids is 2. The van der Waals surface area contributed by atoms with Crippen molar-refractivity contribution in [2.45, 2.75) is 51.2 Å². The molecular formula is C24H29NO5. The first kappa shape index (κ1) is 21.8. The molecule has 1 amide bonds. The average molecular weight is 411 g/mol. The number of hydrogen-bond acceptors (Lipinski definition) is 5. The van der Waals surface area contributed by atoms with Gasteiger partial charge in [-0.25, -0.2) is 9.59 Å². The number of rotatable bonds is 7. The molecule has 0 saturated carbocycles. The van der Waals surface area contributed by atoms with Gasteiger partial charge in [-0.05, 0) is 55.9 Å². The number of hydrogen-bond donors (Lipinski definition) is 2. The summed E-state index contributed by atoms with van der Waals surface area (Å²) in [5.41, 5.74) is 3.87. The highest BCUT2D eigenvalue weighted by Crippen LogP contribution is 2.44. The van der Waals surface area contributed by atoms with Crippen LogP contribution in [-0.2, 0) is 14.3 Å². The van der Waals surface area contributed by atoms with Crippen LogP contribution in [0.1, 0.15) is 50.7 Å². The summed E-state index contributed by atoms with van der Waals surface area (Å²) in [6, 6.07) is 15.3. The Kier molecular flexibility index (Phi) is 6.77. The monoisotopic (exact) mass is 411 g/mol. The molecule has 0 radical (unpaired) electrons. The lowest BCUT2D eigenvalue weighted by atomic mass is 9.98. The van der Waals surface area contributed by atoms with Crippen molar-refractivity contribution >= 4 is 12.1 Å². The van der Waals surface area contributed by atoms with E-state index < -0.39 is 23.7 Å². The highest BCUT2D eigenvalue weighted by Gasteiger charge is 2.30. The molecule has 3 rings (SSSR count). The maximum atomic E-state index is 12.5. The van der Waals surface area contributed by atoms with Crippen LogP contribution in [0.2, 0.25) is 0 Å². The predicted octanol–water partition coefficient (Wildman–Crippen LogP) is 4.01. The van der Waals surface area contributed by atoms with E-state index >= 15 is 0 Å². The molecule has 1 atom stereocenters. The summed E-state index contributed by atoms with van der Waals surface area (Å²) in [5.74, 6) is -0.593. The minimum atomic E-state index is -0.868. The summed E-state index contributed by atoms with van der Waals surface area (Å²) in [4.78, 5) is 24.9. The van der Waals surface area contributed by atoms with Crippen molar-refractivity contribution in [1.29, 1.82) is 0 Å². The summed E-state index contributed by atoms with van der Waals surface area (Å²) in [6.07, 6.45) is -0.0333. The number of fused-ring (bicyclic) bond motifs is 3. The number of aliphatic hydroxyl groups excluding tert-OH is 1. The van der Waals surface area contributed by atoms with Crippen LogP contribution < -0.4 is 5.32 Å². The Morgan fingerprint density at radius 1 is 1.03 bits per heavy atom. The first-order chi connectivity index (χ1) is 14.3. The Hall–Kier alpha value is -2.86. The van der Waals surface area contributed by atoms with Crippen molar-refractivity contribution in [2.75, 3.05) is 13.2 Å². The molecule has 0 spiro atoms. The van der Waals surface area contributed by atoms with E-state index in [0.717, 1.165) is 22.3 Å². The van der Waals surface area contributed by atoms with Gasteiger partial charge in [-0.15, -0.1) is 0 Å². The summed E-state index contributed by atoms with van der Waals surface area (Å²) in [5, 5.41) is 11.7. The third-order valence-corrected chi connectivity index (χ3v) is 4.98. The lowest BCUT2D eigenvalue weighted by Crippen LogP contribution is -2.44. The minimum absolute atomic E-state index is 0.0550. The van der Waals surface area contributed by atoms with E-state index in [1.807, 2.05) is 36.4 Å². The van der Waals surface area contributed by atoms with Gasteiger partial charge in [0.25, 0.3) is 0 Å². The molecule has 0 aliphatic heterocycles. The quantitative estimate of drug-likeness (QED) is 0.673. The molecule has 1 aliphatic carbocycles. The summed E-state index contributed by atoms with van der Waals surface area (Å²) in [7, 11) is 0. The lowest BCUT2D eigenvalue weighted by molar-refractivity contribution is -0.157. The number of nitrogens with one attached hydrogen (secondary N) is 1. The third-order valence-electron chi connectivity index (χ3n) is 4.98. The Labute approximate surface area is 177 Å². The van der Waals surface area contributed by atoms with Gasteiger partial charge in [0.05, 0.1) is 0 Å². The van der Waals surface area contributed by atoms with Crippen LogP contribution in [0.3, 0.4) is 0 Å². The molecule has 0 bridgehead atoms. The van der Waals surface area contributed by atoms with Gasteiger partial charge >= 0.3 is 12.1 Å². The van der Waals surface area contributed by atoms with Gasteiger partial charge in [0.15, 0.2) is 0 Å². The summed E-state index contributed by atoms with van der Waals surface area (Å²) in [6.45, 7) is 5.39. The van der Waals surface area contributed by atoms with Crippen molar-refractivity contribution < 1.29 is 24.2 Å². The fourth-order valence-electron chi connectivity index (χ4n) is 3.70. The number of aliphatic hydroxyl groups is 1. The molecule has 6 nitrogen and oxygen atoms in total. The van der Waals surface area contributed by atoms with Gasteiger partial charge < -0.3 is 19.9 Å². The Bertz CT molecular complexity index is 857. The molecule has 0 aromatic heterocycles. The van der Waals surface area contributed by atoms with Crippen molar-refractivity contribution in [3.8, 4) is 11.1 Å². The summed E-state index contributed by atoms with van der Waals surface area (Å²) >= 11 is 0. The number of amides is 1. The second-order valence-corrected chi connectivity index (χ2v) is 8.42. The Morgan fingerprint density at radius 2 is 1.60 bits per heavy atom. The molecule has 2 N–H and O–H groups in total. The third kappa shape index (κ3) is 5.19. The van der Waals surface area contributed by atoms with Gasteiger partial charge in [0.2, 0.25) is 0 Å². The van der Waals surface area contributed by atoms with Gasteiger partial charge in [-0.3, -0.25) is 0 Å². The molecule has 6 heteroatoms. The van der Waals surface area contributed by atoms with E-state index in [4.69, 9.17) is 14.6 Å². The highest BCUT2D eigenvalue weighted by atomic mass is 16.6. The first-order valence-electron chi connectivity index (χ1n) is 10.3. The van der Waals surface area contributed by atoms with Crippen LogP contribution in [0, 0.1) is 0 Å². The second-order valence-electron chi connectivity index (χ2n) is 8.42. The first-order valence-corrected chi connectivity index (χ1v) is 10.3. The van der Waals surface area contributed by atoms with Gasteiger partial charge in [-0.2, -0.15) is 0 Å². The standard InChI is InChI=1S/C24H29NO5/c1-24(2,3)30-22(27)21(13-8-14-26)25-23(28)29-15-20-18-11-6-4-9-16(18)17-10-5-7-12-19(17)20/h4-7,9-12,20-21,26H,8,13-15H2,1-3H3,(H,25,28). The van der Waals surface area contributed by atoms with Crippen molar-refractivity contribution in [3.63, 3.8) is 0 Å². The Balaban J connectivity index is 1.66. The van der Waals surface area contributed by atoms with Gasteiger partial charge in [0, 0.05) is 12.5 Å². The largest absolute Gasteiger partial charge is 0.458 e. The van der Waals surface area contributed by atoms with E-state index in [1.54, 1.807) is 20.8 Å². The van der Waals surface area contributed by atoms with Crippen LogP contribution in [0.25, 0.3) is 11.1 Å². The fraction of sp³-hybridized carbons (Fsp3) is 0.417. The zero-order chi connectivity index (χ0) is 21.7. The van der Waals surface area contributed by atoms with Gasteiger partial charge in [0.1, 0.15) is 18.2 Å². The van der Waals surface area contributed by atoms with E-state index in [2.05, 4.69) is 17.4 Å². The zero-order valence-electron chi connectivity index (χ0n) is 17.7. The zero-order valence-corrected chi connectivity index (χ0v) is 17.7. The van der Waals surface area contributed by atoms with E-state index in [-0.39, 0.29) is 25.6 Å². The van der Waals surface area contributed by atoms with Crippen LogP contribution in [0.5, 0.6) is 0 Å². The second kappa shape index (κ2) is 9.30. The molecule has 0 fully saturated rings. The molecule has 1 unspecified atom stereocenters. The number of benzene rings is 2. The maximum Gasteiger partial charge on any atom is 0.407 e. The molecule has 2 aromatic carbocycles. The number of alkyl carbamates (subject to hydrolysis) is 1. The minimum Gasteiger partial charge on any atom is -0.458 e.